The number of hydrogen-bond acceptors (Lipinski definition) is 4. The van der Waals surface area contributed by atoms with Crippen LogP contribution in [-0.4, -0.2) is 31.0 Å². The van der Waals surface area contributed by atoms with Crippen LogP contribution in [0.3, 0.4) is 0 Å². The monoisotopic (exact) mass is 360 g/mol. The summed E-state index contributed by atoms with van der Waals surface area (Å²) in [4.78, 5) is 24.2. The van der Waals surface area contributed by atoms with E-state index >= 15 is 0 Å². The Morgan fingerprint density at radius 3 is 2.38 bits per heavy atom. The number of esters is 1. The van der Waals surface area contributed by atoms with Gasteiger partial charge in [-0.3, -0.25) is 9.59 Å². The Labute approximate surface area is 156 Å². The molecule has 1 heterocycles. The van der Waals surface area contributed by atoms with E-state index in [0.29, 0.717) is 25.1 Å². The molecule has 1 amide bonds. The summed E-state index contributed by atoms with van der Waals surface area (Å²) in [6.45, 7) is 9.80. The van der Waals surface area contributed by atoms with Gasteiger partial charge in [-0.1, -0.05) is 45.9 Å². The maximum absolute atomic E-state index is 12.3. The van der Waals surface area contributed by atoms with Crippen molar-refractivity contribution in [1.29, 1.82) is 0 Å². The first-order chi connectivity index (χ1) is 12.4. The molecule has 0 bridgehead atoms. The molecule has 1 atom stereocenters. The highest BCUT2D eigenvalue weighted by Crippen LogP contribution is 2.34. The molecule has 1 aromatic carbocycles. The lowest BCUT2D eigenvalue weighted by molar-refractivity contribution is -0.134. The summed E-state index contributed by atoms with van der Waals surface area (Å²) in [5, 5.41) is 6.06. The molecule has 0 radical (unpaired) electrons. The van der Waals surface area contributed by atoms with Crippen molar-refractivity contribution < 1.29 is 14.3 Å². The first-order valence-electron chi connectivity index (χ1n) is 9.74. The van der Waals surface area contributed by atoms with Gasteiger partial charge in [-0.15, -0.1) is 0 Å². The summed E-state index contributed by atoms with van der Waals surface area (Å²) >= 11 is 0. The van der Waals surface area contributed by atoms with Crippen LogP contribution in [0, 0.1) is 0 Å². The molecule has 5 heteroatoms. The molecule has 1 saturated heterocycles. The quantitative estimate of drug-likeness (QED) is 0.423. The average Bonchev–Trinajstić information content (AvgIpc) is 3.13. The highest BCUT2D eigenvalue weighted by atomic mass is 16.5. The van der Waals surface area contributed by atoms with Crippen LogP contribution in [0.1, 0.15) is 76.3 Å². The molecule has 0 aromatic heterocycles. The zero-order valence-electron chi connectivity index (χ0n) is 16.4. The lowest BCUT2D eigenvalue weighted by atomic mass is 9.94. The zero-order chi connectivity index (χ0) is 19.1. The molecule has 26 heavy (non-hydrogen) atoms. The summed E-state index contributed by atoms with van der Waals surface area (Å²) in [6.07, 6.45) is 2.80. The SMILES string of the molecule is CC(C)c1cccc(C(C)C)c1OC(=O)CCCNC(=O)[C@@H]1CCCN1. The number of para-hydroxylation sites is 1. The van der Waals surface area contributed by atoms with Crippen LogP contribution < -0.4 is 15.4 Å². The van der Waals surface area contributed by atoms with Gasteiger partial charge in [0.25, 0.3) is 0 Å². The predicted octanol–water partition coefficient (Wildman–Crippen LogP) is 3.49. The normalized spacial score (nSPS) is 16.9. The first kappa shape index (κ1) is 20.4. The minimum Gasteiger partial charge on any atom is -0.426 e. The van der Waals surface area contributed by atoms with Crippen LogP contribution in [0.25, 0.3) is 0 Å². The highest BCUT2D eigenvalue weighted by Gasteiger charge is 2.21. The second-order valence-electron chi connectivity index (χ2n) is 7.59. The van der Waals surface area contributed by atoms with Crippen molar-refractivity contribution in [2.24, 2.45) is 0 Å². The van der Waals surface area contributed by atoms with Crippen LogP contribution in [0.2, 0.25) is 0 Å². The van der Waals surface area contributed by atoms with Gasteiger partial charge in [-0.25, -0.2) is 0 Å². The number of ether oxygens (including phenoxy) is 1. The smallest absolute Gasteiger partial charge is 0.311 e. The number of benzene rings is 1. The van der Waals surface area contributed by atoms with Gasteiger partial charge in [0.2, 0.25) is 5.91 Å². The summed E-state index contributed by atoms with van der Waals surface area (Å²) in [5.74, 6) is 1.07. The van der Waals surface area contributed by atoms with Crippen LogP contribution >= 0.6 is 0 Å². The molecule has 1 aliphatic rings. The second-order valence-corrected chi connectivity index (χ2v) is 7.59. The lowest BCUT2D eigenvalue weighted by Gasteiger charge is -2.19. The zero-order valence-corrected chi connectivity index (χ0v) is 16.4. The Kier molecular flexibility index (Phi) is 7.64. The third-order valence-corrected chi connectivity index (χ3v) is 4.77. The third kappa shape index (κ3) is 5.56. The van der Waals surface area contributed by atoms with Gasteiger partial charge in [0.1, 0.15) is 5.75 Å². The van der Waals surface area contributed by atoms with E-state index in [9.17, 15) is 9.59 Å². The van der Waals surface area contributed by atoms with Crippen molar-refractivity contribution in [1.82, 2.24) is 10.6 Å². The predicted molar refractivity (Wildman–Crippen MR) is 104 cm³/mol. The highest BCUT2D eigenvalue weighted by molar-refractivity contribution is 5.82. The van der Waals surface area contributed by atoms with Crippen molar-refractivity contribution in [3.05, 3.63) is 29.3 Å². The third-order valence-electron chi connectivity index (χ3n) is 4.77. The van der Waals surface area contributed by atoms with E-state index in [1.54, 1.807) is 0 Å². The lowest BCUT2D eigenvalue weighted by Crippen LogP contribution is -2.40. The Balaban J connectivity index is 1.86. The Hall–Kier alpha value is -1.88. The maximum atomic E-state index is 12.3. The molecule has 144 valence electrons. The van der Waals surface area contributed by atoms with Gasteiger partial charge in [-0.05, 0) is 48.8 Å². The van der Waals surface area contributed by atoms with Crippen molar-refractivity contribution in [2.45, 2.75) is 71.3 Å². The molecule has 0 aliphatic carbocycles. The van der Waals surface area contributed by atoms with Gasteiger partial charge in [0, 0.05) is 13.0 Å². The van der Waals surface area contributed by atoms with Gasteiger partial charge >= 0.3 is 5.97 Å². The van der Waals surface area contributed by atoms with E-state index in [1.165, 1.54) is 0 Å². The minimum atomic E-state index is -0.242. The Bertz CT molecular complexity index is 593. The molecule has 1 aromatic rings. The molecule has 2 rings (SSSR count). The number of carbonyl (C=O) groups is 2. The summed E-state index contributed by atoms with van der Waals surface area (Å²) in [7, 11) is 0. The Morgan fingerprint density at radius 1 is 1.19 bits per heavy atom. The fourth-order valence-corrected chi connectivity index (χ4v) is 3.24. The van der Waals surface area contributed by atoms with Gasteiger partial charge in [0.05, 0.1) is 6.04 Å². The molecule has 1 aliphatic heterocycles. The van der Waals surface area contributed by atoms with Crippen LogP contribution in [-0.2, 0) is 9.59 Å². The van der Waals surface area contributed by atoms with Crippen LogP contribution in [0.4, 0.5) is 0 Å². The maximum Gasteiger partial charge on any atom is 0.311 e. The number of rotatable bonds is 8. The molecule has 0 saturated carbocycles. The summed E-state index contributed by atoms with van der Waals surface area (Å²) in [5.41, 5.74) is 2.12. The van der Waals surface area contributed by atoms with Crippen molar-refractivity contribution in [3.8, 4) is 5.75 Å². The number of carbonyl (C=O) groups excluding carboxylic acids is 2. The topological polar surface area (TPSA) is 67.4 Å². The molecular formula is C21H32N2O3. The Morgan fingerprint density at radius 2 is 1.85 bits per heavy atom. The van der Waals surface area contributed by atoms with Crippen molar-refractivity contribution in [3.63, 3.8) is 0 Å². The van der Waals surface area contributed by atoms with Crippen molar-refractivity contribution >= 4 is 11.9 Å². The van der Waals surface area contributed by atoms with Crippen LogP contribution in [0.15, 0.2) is 18.2 Å². The van der Waals surface area contributed by atoms with Crippen LogP contribution in [0.5, 0.6) is 5.75 Å². The average molecular weight is 360 g/mol. The largest absolute Gasteiger partial charge is 0.426 e. The summed E-state index contributed by atoms with van der Waals surface area (Å²) in [6, 6.07) is 5.99. The minimum absolute atomic E-state index is 0.0307. The van der Waals surface area contributed by atoms with E-state index in [2.05, 4.69) is 38.3 Å². The number of amides is 1. The summed E-state index contributed by atoms with van der Waals surface area (Å²) < 4.78 is 5.74. The molecule has 0 unspecified atom stereocenters. The van der Waals surface area contributed by atoms with Gasteiger partial charge in [0.15, 0.2) is 0 Å². The van der Waals surface area contributed by atoms with E-state index in [0.717, 1.165) is 30.5 Å². The van der Waals surface area contributed by atoms with E-state index < -0.39 is 0 Å². The van der Waals surface area contributed by atoms with Gasteiger partial charge in [-0.2, -0.15) is 0 Å². The van der Waals surface area contributed by atoms with E-state index in [4.69, 9.17) is 4.74 Å². The molecule has 2 N–H and O–H groups in total. The first-order valence-corrected chi connectivity index (χ1v) is 9.74. The molecule has 5 nitrogen and oxygen atoms in total. The molecule has 0 spiro atoms. The second kappa shape index (κ2) is 9.72. The standard InChI is InChI=1S/C21H32N2O3/c1-14(2)16-8-5-9-17(15(3)4)20(16)26-19(24)11-7-13-23-21(25)18-10-6-12-22-18/h5,8-9,14-15,18,22H,6-7,10-13H2,1-4H3,(H,23,25)/t18-/m0/s1. The fourth-order valence-electron chi connectivity index (χ4n) is 3.24. The van der Waals surface area contributed by atoms with E-state index in [-0.39, 0.29) is 29.8 Å². The van der Waals surface area contributed by atoms with E-state index in [1.807, 2.05) is 18.2 Å². The number of nitrogens with one attached hydrogen (secondary N) is 2. The van der Waals surface area contributed by atoms with Gasteiger partial charge < -0.3 is 15.4 Å². The molecule has 1 fully saturated rings. The molecular weight excluding hydrogens is 328 g/mol. The number of hydrogen-bond donors (Lipinski definition) is 2. The fraction of sp³-hybridized carbons (Fsp3) is 0.619. The van der Waals surface area contributed by atoms with Crippen molar-refractivity contribution in [2.75, 3.05) is 13.1 Å².